The number of hydrogen-bond acceptors (Lipinski definition) is 3. The number of aryl methyl sites for hydroxylation is 1. The number of nitrogens with one attached hydrogen (secondary N) is 1. The summed E-state index contributed by atoms with van der Waals surface area (Å²) in [4.78, 5) is 27.5. The van der Waals surface area contributed by atoms with E-state index in [1.807, 2.05) is 55.1 Å². The van der Waals surface area contributed by atoms with Crippen LogP contribution in [0.15, 0.2) is 54.6 Å². The molecule has 0 aliphatic carbocycles. The molecular formula is C23H29N3O2. The molecule has 0 fully saturated rings. The van der Waals surface area contributed by atoms with Crippen molar-refractivity contribution in [2.75, 3.05) is 11.4 Å². The van der Waals surface area contributed by atoms with E-state index < -0.39 is 11.6 Å². The number of amides is 2. The Morgan fingerprint density at radius 1 is 1.14 bits per heavy atom. The Bertz CT molecular complexity index is 827. The zero-order chi connectivity index (χ0) is 20.1. The second-order valence-electron chi connectivity index (χ2n) is 8.18. The zero-order valence-corrected chi connectivity index (χ0v) is 16.7. The van der Waals surface area contributed by atoms with E-state index in [0.29, 0.717) is 13.0 Å². The normalized spacial score (nSPS) is 17.0. The summed E-state index contributed by atoms with van der Waals surface area (Å²) in [6.45, 7) is 4.20. The van der Waals surface area contributed by atoms with Crippen LogP contribution in [0.4, 0.5) is 5.69 Å². The van der Waals surface area contributed by atoms with Crippen LogP contribution >= 0.6 is 0 Å². The van der Waals surface area contributed by atoms with E-state index in [4.69, 9.17) is 5.73 Å². The van der Waals surface area contributed by atoms with Gasteiger partial charge in [-0.25, -0.2) is 0 Å². The van der Waals surface area contributed by atoms with Gasteiger partial charge in [0.25, 0.3) is 0 Å². The molecule has 148 valence electrons. The highest BCUT2D eigenvalue weighted by Gasteiger charge is 2.31. The molecule has 0 aromatic heterocycles. The molecule has 2 amide bonds. The van der Waals surface area contributed by atoms with Crippen LogP contribution in [-0.2, 0) is 22.4 Å². The summed E-state index contributed by atoms with van der Waals surface area (Å²) in [6, 6.07) is 17.6. The molecule has 3 N–H and O–H groups in total. The summed E-state index contributed by atoms with van der Waals surface area (Å²) >= 11 is 0. The molecular weight excluding hydrogens is 350 g/mol. The first kappa shape index (κ1) is 20.1. The fraction of sp³-hybridized carbons (Fsp3) is 0.391. The molecule has 0 radical (unpaired) electrons. The molecule has 0 saturated carbocycles. The minimum atomic E-state index is -0.603. The molecule has 0 bridgehead atoms. The maximum absolute atomic E-state index is 13.3. The smallest absolute Gasteiger partial charge is 0.249 e. The van der Waals surface area contributed by atoms with Gasteiger partial charge in [-0.1, -0.05) is 48.5 Å². The van der Waals surface area contributed by atoms with Crippen molar-refractivity contribution in [3.63, 3.8) is 0 Å². The van der Waals surface area contributed by atoms with Crippen molar-refractivity contribution in [1.29, 1.82) is 0 Å². The Balaban J connectivity index is 1.79. The number of carbonyl (C=O) groups is 2. The molecule has 5 nitrogen and oxygen atoms in total. The molecule has 3 rings (SSSR count). The maximum Gasteiger partial charge on any atom is 0.249 e. The van der Waals surface area contributed by atoms with Crippen LogP contribution in [0.3, 0.4) is 0 Å². The molecule has 5 heteroatoms. The van der Waals surface area contributed by atoms with Gasteiger partial charge in [-0.3, -0.25) is 9.59 Å². The van der Waals surface area contributed by atoms with Crippen molar-refractivity contribution in [2.24, 2.45) is 5.73 Å². The molecule has 28 heavy (non-hydrogen) atoms. The van der Waals surface area contributed by atoms with Gasteiger partial charge in [-0.2, -0.15) is 0 Å². The lowest BCUT2D eigenvalue weighted by atomic mass is 10.0. The second-order valence-corrected chi connectivity index (χ2v) is 8.18. The lowest BCUT2D eigenvalue weighted by Crippen LogP contribution is -2.50. The van der Waals surface area contributed by atoms with E-state index in [2.05, 4.69) is 23.5 Å². The minimum absolute atomic E-state index is 0.0518. The van der Waals surface area contributed by atoms with Gasteiger partial charge in [0.15, 0.2) is 0 Å². The number of rotatable bonds is 6. The van der Waals surface area contributed by atoms with Crippen molar-refractivity contribution < 1.29 is 9.59 Å². The summed E-state index contributed by atoms with van der Waals surface area (Å²) in [7, 11) is 0. The third-order valence-electron chi connectivity index (χ3n) is 4.97. The Kier molecular flexibility index (Phi) is 6.15. The lowest BCUT2D eigenvalue weighted by molar-refractivity contribution is -0.128. The van der Waals surface area contributed by atoms with Crippen LogP contribution < -0.4 is 16.0 Å². The monoisotopic (exact) mass is 379 g/mol. The van der Waals surface area contributed by atoms with Crippen LogP contribution in [0, 0.1) is 0 Å². The van der Waals surface area contributed by atoms with Gasteiger partial charge >= 0.3 is 0 Å². The predicted octanol–water partition coefficient (Wildman–Crippen LogP) is 2.82. The van der Waals surface area contributed by atoms with Gasteiger partial charge in [0, 0.05) is 24.2 Å². The highest BCUT2D eigenvalue weighted by Crippen LogP contribution is 2.27. The van der Waals surface area contributed by atoms with Crippen molar-refractivity contribution in [3.05, 3.63) is 65.7 Å². The highest BCUT2D eigenvalue weighted by molar-refractivity contribution is 6.00. The van der Waals surface area contributed by atoms with Crippen molar-refractivity contribution >= 4 is 17.5 Å². The number of nitrogens with zero attached hydrogens (tertiary/aromatic N) is 1. The third kappa shape index (κ3) is 5.20. The lowest BCUT2D eigenvalue weighted by Gasteiger charge is -2.27. The Morgan fingerprint density at radius 2 is 1.82 bits per heavy atom. The van der Waals surface area contributed by atoms with E-state index in [0.717, 1.165) is 24.1 Å². The highest BCUT2D eigenvalue weighted by atomic mass is 16.2. The standard InChI is InChI=1S/C23H29N3O2/c1-23(2,24)16-21(27)25-19-13-12-18-10-6-7-11-20(18)26(22(19)28)15-14-17-8-4-3-5-9-17/h3-11,19H,12-16,24H2,1-2H3,(H,25,27). The summed E-state index contributed by atoms with van der Waals surface area (Å²) in [5.41, 5.74) is 8.62. The third-order valence-corrected chi connectivity index (χ3v) is 4.97. The largest absolute Gasteiger partial charge is 0.344 e. The average molecular weight is 380 g/mol. The average Bonchev–Trinajstić information content (AvgIpc) is 2.77. The number of benzene rings is 2. The van der Waals surface area contributed by atoms with Crippen molar-refractivity contribution in [2.45, 2.75) is 51.1 Å². The van der Waals surface area contributed by atoms with E-state index >= 15 is 0 Å². The molecule has 0 saturated heterocycles. The molecule has 1 unspecified atom stereocenters. The summed E-state index contributed by atoms with van der Waals surface area (Å²) in [6.07, 6.45) is 2.29. The fourth-order valence-electron chi connectivity index (χ4n) is 3.63. The van der Waals surface area contributed by atoms with Crippen LogP contribution in [0.1, 0.15) is 37.8 Å². The van der Waals surface area contributed by atoms with E-state index in [-0.39, 0.29) is 18.2 Å². The first-order valence-electron chi connectivity index (χ1n) is 9.85. The van der Waals surface area contributed by atoms with Gasteiger partial charge in [-0.05, 0) is 50.3 Å². The van der Waals surface area contributed by atoms with Crippen LogP contribution in [0.25, 0.3) is 0 Å². The maximum atomic E-state index is 13.3. The molecule has 1 heterocycles. The Labute approximate surface area is 166 Å². The Morgan fingerprint density at radius 3 is 2.54 bits per heavy atom. The van der Waals surface area contributed by atoms with Gasteiger partial charge < -0.3 is 16.0 Å². The van der Waals surface area contributed by atoms with Gasteiger partial charge in [0.05, 0.1) is 0 Å². The SMILES string of the molecule is CC(C)(N)CC(=O)NC1CCc2ccccc2N(CCc2ccccc2)C1=O. The second kappa shape index (κ2) is 8.57. The molecule has 1 atom stereocenters. The van der Waals surface area contributed by atoms with Crippen LogP contribution in [0.5, 0.6) is 0 Å². The zero-order valence-electron chi connectivity index (χ0n) is 16.7. The first-order chi connectivity index (χ1) is 13.3. The number of para-hydroxylation sites is 1. The first-order valence-corrected chi connectivity index (χ1v) is 9.85. The molecule has 0 spiro atoms. The van der Waals surface area contributed by atoms with E-state index in [1.54, 1.807) is 0 Å². The molecule has 1 aliphatic heterocycles. The number of fused-ring (bicyclic) bond motifs is 1. The van der Waals surface area contributed by atoms with Gasteiger partial charge in [-0.15, -0.1) is 0 Å². The van der Waals surface area contributed by atoms with Crippen molar-refractivity contribution in [1.82, 2.24) is 5.32 Å². The summed E-state index contributed by atoms with van der Waals surface area (Å²) < 4.78 is 0. The predicted molar refractivity (Wildman–Crippen MR) is 112 cm³/mol. The molecule has 2 aromatic carbocycles. The number of hydrogen-bond donors (Lipinski definition) is 2. The molecule has 1 aliphatic rings. The summed E-state index contributed by atoms with van der Waals surface area (Å²) in [5, 5.41) is 2.92. The summed E-state index contributed by atoms with van der Waals surface area (Å²) in [5.74, 6) is -0.233. The molecule has 2 aromatic rings. The Hall–Kier alpha value is -2.66. The number of carbonyl (C=O) groups excluding carboxylic acids is 2. The van der Waals surface area contributed by atoms with Crippen LogP contribution in [-0.4, -0.2) is 29.9 Å². The number of anilines is 1. The topological polar surface area (TPSA) is 75.4 Å². The number of nitrogens with two attached hydrogens (primary N) is 1. The van der Waals surface area contributed by atoms with Gasteiger partial charge in [0.1, 0.15) is 6.04 Å². The van der Waals surface area contributed by atoms with Crippen molar-refractivity contribution in [3.8, 4) is 0 Å². The minimum Gasteiger partial charge on any atom is -0.344 e. The van der Waals surface area contributed by atoms with E-state index in [9.17, 15) is 9.59 Å². The van der Waals surface area contributed by atoms with Gasteiger partial charge in [0.2, 0.25) is 11.8 Å². The van der Waals surface area contributed by atoms with E-state index in [1.165, 1.54) is 5.56 Å². The quantitative estimate of drug-likeness (QED) is 0.810. The fourth-order valence-corrected chi connectivity index (χ4v) is 3.63. The van der Waals surface area contributed by atoms with Crippen LogP contribution in [0.2, 0.25) is 0 Å².